The average Bonchev–Trinajstić information content (AvgIpc) is 3.11. The number of carbonyl (C=O) groups is 2. The van der Waals surface area contributed by atoms with Crippen molar-refractivity contribution in [3.8, 4) is 6.07 Å². The Morgan fingerprint density at radius 3 is 2.77 bits per heavy atom. The highest BCUT2D eigenvalue weighted by atomic mass is 32.1. The molecule has 2 amide bonds. The number of nitrogens with zero attached hydrogens (tertiary/aromatic N) is 3. The molecule has 0 radical (unpaired) electrons. The van der Waals surface area contributed by atoms with Gasteiger partial charge < -0.3 is 20.3 Å². The van der Waals surface area contributed by atoms with E-state index in [9.17, 15) is 14.9 Å². The van der Waals surface area contributed by atoms with Gasteiger partial charge in [0, 0.05) is 24.4 Å². The van der Waals surface area contributed by atoms with Crippen molar-refractivity contribution in [1.29, 1.82) is 5.26 Å². The molecule has 140 valence electrons. The van der Waals surface area contributed by atoms with Gasteiger partial charge in [0.2, 0.25) is 5.91 Å². The summed E-state index contributed by atoms with van der Waals surface area (Å²) in [6.07, 6.45) is 0.668. The Morgan fingerprint density at radius 1 is 1.46 bits per heavy atom. The molecule has 0 aromatic carbocycles. The Balaban J connectivity index is 1.84. The number of nitrogens with two attached hydrogens (primary N) is 1. The van der Waals surface area contributed by atoms with Gasteiger partial charge >= 0.3 is 6.09 Å². The molecule has 1 unspecified atom stereocenters. The fourth-order valence-electron chi connectivity index (χ4n) is 3.31. The van der Waals surface area contributed by atoms with Gasteiger partial charge in [0.05, 0.1) is 12.1 Å². The highest BCUT2D eigenvalue weighted by Crippen LogP contribution is 2.41. The van der Waals surface area contributed by atoms with E-state index in [0.717, 1.165) is 10.4 Å². The molecule has 1 aromatic rings. The Morgan fingerprint density at radius 2 is 2.19 bits per heavy atom. The maximum absolute atomic E-state index is 12.3. The molecule has 7 nitrogen and oxygen atoms in total. The third-order valence-electron chi connectivity index (χ3n) is 4.59. The van der Waals surface area contributed by atoms with Crippen molar-refractivity contribution >= 4 is 28.3 Å². The fourth-order valence-corrected chi connectivity index (χ4v) is 4.65. The molecule has 1 saturated heterocycles. The summed E-state index contributed by atoms with van der Waals surface area (Å²) in [6, 6.07) is 2.27. The van der Waals surface area contributed by atoms with Gasteiger partial charge in [-0.05, 0) is 45.2 Å². The molecular formula is C18H24N4O3S. The monoisotopic (exact) mass is 376 g/mol. The average molecular weight is 376 g/mol. The van der Waals surface area contributed by atoms with Gasteiger partial charge in [-0.3, -0.25) is 4.79 Å². The third kappa shape index (κ3) is 3.55. The van der Waals surface area contributed by atoms with Crippen LogP contribution in [0.4, 0.5) is 9.80 Å². The summed E-state index contributed by atoms with van der Waals surface area (Å²) in [6.45, 7) is 7.44. The van der Waals surface area contributed by atoms with Crippen LogP contribution in [0.1, 0.15) is 43.2 Å². The number of hydrogen-bond donors (Lipinski definition) is 1. The van der Waals surface area contributed by atoms with Gasteiger partial charge in [0.1, 0.15) is 16.7 Å². The summed E-state index contributed by atoms with van der Waals surface area (Å²) in [4.78, 5) is 29.0. The van der Waals surface area contributed by atoms with Crippen molar-refractivity contribution in [2.24, 2.45) is 11.7 Å². The molecule has 0 aliphatic carbocycles. The largest absolute Gasteiger partial charge is 0.444 e. The van der Waals surface area contributed by atoms with E-state index in [-0.39, 0.29) is 17.9 Å². The number of amides is 2. The van der Waals surface area contributed by atoms with E-state index in [2.05, 4.69) is 6.07 Å². The maximum atomic E-state index is 12.3. The molecule has 3 rings (SSSR count). The van der Waals surface area contributed by atoms with Gasteiger partial charge in [-0.25, -0.2) is 4.79 Å². The van der Waals surface area contributed by atoms with Crippen molar-refractivity contribution in [2.45, 2.75) is 45.8 Å². The number of rotatable bonds is 2. The van der Waals surface area contributed by atoms with Crippen LogP contribution in [0.2, 0.25) is 0 Å². The van der Waals surface area contributed by atoms with Gasteiger partial charge in [-0.2, -0.15) is 5.26 Å². The smallest absolute Gasteiger partial charge is 0.410 e. The van der Waals surface area contributed by atoms with Crippen LogP contribution < -0.4 is 10.6 Å². The van der Waals surface area contributed by atoms with Crippen LogP contribution in [-0.4, -0.2) is 42.1 Å². The molecule has 26 heavy (non-hydrogen) atoms. The first kappa shape index (κ1) is 18.7. The number of anilines is 1. The lowest BCUT2D eigenvalue weighted by molar-refractivity contribution is -0.117. The normalized spacial score (nSPS) is 20.1. The van der Waals surface area contributed by atoms with Gasteiger partial charge in [-0.15, -0.1) is 11.3 Å². The van der Waals surface area contributed by atoms with E-state index < -0.39 is 5.60 Å². The van der Waals surface area contributed by atoms with Gasteiger partial charge in [0.15, 0.2) is 0 Å². The SMILES string of the molecule is CC(C)(C)OC(=O)N1CCc2c(sc(N3CC(CN)CC3=O)c2C#N)C1. The number of fused-ring (bicyclic) bond motifs is 1. The van der Waals surface area contributed by atoms with Crippen molar-refractivity contribution in [1.82, 2.24) is 4.90 Å². The second-order valence-corrected chi connectivity index (χ2v) is 8.84. The molecule has 1 aromatic heterocycles. The number of thiophene rings is 1. The summed E-state index contributed by atoms with van der Waals surface area (Å²) in [5.41, 5.74) is 6.69. The summed E-state index contributed by atoms with van der Waals surface area (Å²) in [5, 5.41) is 10.3. The first-order chi connectivity index (χ1) is 12.2. The molecule has 2 aliphatic rings. The molecule has 2 aliphatic heterocycles. The zero-order valence-electron chi connectivity index (χ0n) is 15.4. The van der Waals surface area contributed by atoms with Crippen LogP contribution in [0.5, 0.6) is 0 Å². The Labute approximate surface area is 157 Å². The Kier molecular flexibility index (Phi) is 4.95. The molecule has 3 heterocycles. The Hall–Kier alpha value is -2.11. The lowest BCUT2D eigenvalue weighted by atomic mass is 10.0. The number of carbonyl (C=O) groups excluding carboxylic acids is 2. The minimum Gasteiger partial charge on any atom is -0.444 e. The predicted molar refractivity (Wildman–Crippen MR) is 98.9 cm³/mol. The van der Waals surface area contributed by atoms with Crippen LogP contribution >= 0.6 is 11.3 Å². The molecule has 1 fully saturated rings. The van der Waals surface area contributed by atoms with Crippen molar-refractivity contribution in [3.05, 3.63) is 16.0 Å². The maximum Gasteiger partial charge on any atom is 0.410 e. The standard InChI is InChI=1S/C18H24N4O3S/c1-18(2,3)25-17(24)21-5-4-12-13(8-20)16(26-14(12)10-21)22-9-11(7-19)6-15(22)23/h11H,4-7,9-10,19H2,1-3H3. The molecule has 0 saturated carbocycles. The van der Waals surface area contributed by atoms with Gasteiger partial charge in [-0.1, -0.05) is 0 Å². The molecule has 2 N–H and O–H groups in total. The number of ether oxygens (including phenoxy) is 1. The van der Waals surface area contributed by atoms with E-state index >= 15 is 0 Å². The summed E-state index contributed by atoms with van der Waals surface area (Å²) in [5.74, 6) is 0.144. The minimum atomic E-state index is -0.547. The summed E-state index contributed by atoms with van der Waals surface area (Å²) >= 11 is 1.43. The quantitative estimate of drug-likeness (QED) is 0.853. The first-order valence-corrected chi connectivity index (χ1v) is 9.58. The minimum absolute atomic E-state index is 0.0135. The van der Waals surface area contributed by atoms with Crippen LogP contribution in [0, 0.1) is 17.2 Å². The highest BCUT2D eigenvalue weighted by molar-refractivity contribution is 7.16. The third-order valence-corrected chi connectivity index (χ3v) is 5.83. The van der Waals surface area contributed by atoms with Gasteiger partial charge in [0.25, 0.3) is 0 Å². The fraction of sp³-hybridized carbons (Fsp3) is 0.611. The van der Waals surface area contributed by atoms with Crippen molar-refractivity contribution in [3.63, 3.8) is 0 Å². The van der Waals surface area contributed by atoms with E-state index in [1.807, 2.05) is 20.8 Å². The Bertz CT molecular complexity index is 775. The van der Waals surface area contributed by atoms with E-state index in [0.29, 0.717) is 49.6 Å². The molecule has 8 heteroatoms. The molecule has 1 atom stereocenters. The second kappa shape index (κ2) is 6.89. The van der Waals surface area contributed by atoms with Crippen LogP contribution in [0.25, 0.3) is 0 Å². The number of hydrogen-bond acceptors (Lipinski definition) is 6. The van der Waals surface area contributed by atoms with Crippen LogP contribution in [0.3, 0.4) is 0 Å². The van der Waals surface area contributed by atoms with Crippen molar-refractivity contribution < 1.29 is 14.3 Å². The van der Waals surface area contributed by atoms with E-state index in [1.54, 1.807) is 9.80 Å². The van der Waals surface area contributed by atoms with Crippen molar-refractivity contribution in [2.75, 3.05) is 24.5 Å². The summed E-state index contributed by atoms with van der Waals surface area (Å²) in [7, 11) is 0. The lowest BCUT2D eigenvalue weighted by Gasteiger charge is -2.29. The first-order valence-electron chi connectivity index (χ1n) is 8.76. The van der Waals surface area contributed by atoms with Crippen LogP contribution in [0.15, 0.2) is 0 Å². The number of nitriles is 1. The molecule has 0 bridgehead atoms. The van der Waals surface area contributed by atoms with E-state index in [4.69, 9.17) is 10.5 Å². The zero-order valence-corrected chi connectivity index (χ0v) is 16.2. The zero-order chi connectivity index (χ0) is 19.1. The van der Waals surface area contributed by atoms with Crippen LogP contribution in [-0.2, 0) is 22.5 Å². The lowest BCUT2D eigenvalue weighted by Crippen LogP contribution is -2.39. The predicted octanol–water partition coefficient (Wildman–Crippen LogP) is 2.22. The topological polar surface area (TPSA) is 99.7 Å². The second-order valence-electron chi connectivity index (χ2n) is 7.76. The highest BCUT2D eigenvalue weighted by Gasteiger charge is 2.36. The molecular weight excluding hydrogens is 352 g/mol. The van der Waals surface area contributed by atoms with E-state index in [1.165, 1.54) is 11.3 Å². The molecule has 0 spiro atoms. The summed E-state index contributed by atoms with van der Waals surface area (Å²) < 4.78 is 5.45.